The summed E-state index contributed by atoms with van der Waals surface area (Å²) in [4.78, 5) is 13.8. The SMILES string of the molecule is CN(C)CCCCNC(=O)Cc1cccc(N)c1. The zero-order valence-electron chi connectivity index (χ0n) is 11.3. The third-order valence-corrected chi connectivity index (χ3v) is 2.67. The van der Waals surface area contributed by atoms with Gasteiger partial charge in [-0.2, -0.15) is 0 Å². The molecule has 0 saturated carbocycles. The summed E-state index contributed by atoms with van der Waals surface area (Å²) >= 11 is 0. The smallest absolute Gasteiger partial charge is 0.224 e. The molecular formula is C14H23N3O. The standard InChI is InChI=1S/C14H23N3O/c1-17(2)9-4-3-8-16-14(18)11-12-6-5-7-13(15)10-12/h5-7,10H,3-4,8-9,11,15H2,1-2H3,(H,16,18). The van der Waals surface area contributed by atoms with E-state index >= 15 is 0 Å². The molecule has 4 nitrogen and oxygen atoms in total. The maximum atomic E-state index is 11.7. The molecule has 0 unspecified atom stereocenters. The molecule has 0 atom stereocenters. The Labute approximate surface area is 109 Å². The number of anilines is 1. The summed E-state index contributed by atoms with van der Waals surface area (Å²) in [7, 11) is 4.11. The van der Waals surface area contributed by atoms with E-state index in [1.54, 1.807) is 0 Å². The Morgan fingerprint density at radius 2 is 2.11 bits per heavy atom. The number of nitrogens with two attached hydrogens (primary N) is 1. The average Bonchev–Trinajstić information content (AvgIpc) is 2.28. The quantitative estimate of drug-likeness (QED) is 0.565. The second kappa shape index (κ2) is 7.71. The summed E-state index contributed by atoms with van der Waals surface area (Å²) in [6.07, 6.45) is 2.52. The van der Waals surface area contributed by atoms with Gasteiger partial charge in [0, 0.05) is 12.2 Å². The largest absolute Gasteiger partial charge is 0.399 e. The highest BCUT2D eigenvalue weighted by Crippen LogP contribution is 2.06. The minimum atomic E-state index is 0.0606. The molecule has 0 radical (unpaired) electrons. The van der Waals surface area contributed by atoms with Crippen LogP contribution in [-0.4, -0.2) is 38.0 Å². The average molecular weight is 249 g/mol. The summed E-state index contributed by atoms with van der Waals surface area (Å²) in [5, 5.41) is 2.93. The molecule has 0 aromatic heterocycles. The Bertz CT molecular complexity index is 377. The predicted octanol–water partition coefficient (Wildman–Crippen LogP) is 1.27. The number of amides is 1. The lowest BCUT2D eigenvalue weighted by Crippen LogP contribution is -2.26. The van der Waals surface area contributed by atoms with Crippen molar-refractivity contribution in [3.63, 3.8) is 0 Å². The summed E-state index contributed by atoms with van der Waals surface area (Å²) in [5.41, 5.74) is 7.33. The van der Waals surface area contributed by atoms with Gasteiger partial charge in [0.25, 0.3) is 0 Å². The van der Waals surface area contributed by atoms with Gasteiger partial charge in [-0.3, -0.25) is 4.79 Å². The fourth-order valence-electron chi connectivity index (χ4n) is 1.73. The summed E-state index contributed by atoms with van der Waals surface area (Å²) < 4.78 is 0. The monoisotopic (exact) mass is 249 g/mol. The van der Waals surface area contributed by atoms with Gasteiger partial charge in [-0.15, -0.1) is 0 Å². The van der Waals surface area contributed by atoms with E-state index in [1.807, 2.05) is 24.3 Å². The Morgan fingerprint density at radius 3 is 2.78 bits per heavy atom. The van der Waals surface area contributed by atoms with Crippen molar-refractivity contribution >= 4 is 11.6 Å². The molecule has 1 rings (SSSR count). The first-order valence-corrected chi connectivity index (χ1v) is 6.34. The van der Waals surface area contributed by atoms with Crippen molar-refractivity contribution in [2.24, 2.45) is 0 Å². The number of carbonyl (C=O) groups excluding carboxylic acids is 1. The van der Waals surface area contributed by atoms with Gasteiger partial charge >= 0.3 is 0 Å². The number of carbonyl (C=O) groups is 1. The van der Waals surface area contributed by atoms with Crippen molar-refractivity contribution < 1.29 is 4.79 Å². The van der Waals surface area contributed by atoms with Gasteiger partial charge in [0.2, 0.25) is 5.91 Å². The van der Waals surface area contributed by atoms with Crippen molar-refractivity contribution in [3.8, 4) is 0 Å². The van der Waals surface area contributed by atoms with E-state index in [9.17, 15) is 4.79 Å². The van der Waals surface area contributed by atoms with Crippen LogP contribution in [-0.2, 0) is 11.2 Å². The molecule has 100 valence electrons. The molecule has 1 aromatic rings. The molecule has 0 aliphatic carbocycles. The van der Waals surface area contributed by atoms with Crippen LogP contribution in [0.2, 0.25) is 0 Å². The van der Waals surface area contributed by atoms with Crippen LogP contribution in [0.15, 0.2) is 24.3 Å². The molecule has 0 heterocycles. The fourth-order valence-corrected chi connectivity index (χ4v) is 1.73. The molecule has 0 fully saturated rings. The zero-order valence-corrected chi connectivity index (χ0v) is 11.3. The number of rotatable bonds is 7. The first kappa shape index (κ1) is 14.5. The van der Waals surface area contributed by atoms with E-state index in [-0.39, 0.29) is 5.91 Å². The van der Waals surface area contributed by atoms with Crippen LogP contribution in [0.5, 0.6) is 0 Å². The van der Waals surface area contributed by atoms with Crippen LogP contribution in [0.25, 0.3) is 0 Å². The van der Waals surface area contributed by atoms with E-state index in [0.29, 0.717) is 12.1 Å². The van der Waals surface area contributed by atoms with Crippen molar-refractivity contribution in [1.29, 1.82) is 0 Å². The van der Waals surface area contributed by atoms with Crippen molar-refractivity contribution in [2.45, 2.75) is 19.3 Å². The zero-order chi connectivity index (χ0) is 13.4. The molecular weight excluding hydrogens is 226 g/mol. The predicted molar refractivity (Wildman–Crippen MR) is 75.4 cm³/mol. The Hall–Kier alpha value is -1.55. The highest BCUT2D eigenvalue weighted by atomic mass is 16.1. The molecule has 0 bridgehead atoms. The lowest BCUT2D eigenvalue weighted by molar-refractivity contribution is -0.120. The van der Waals surface area contributed by atoms with Gasteiger partial charge < -0.3 is 16.0 Å². The lowest BCUT2D eigenvalue weighted by atomic mass is 10.1. The van der Waals surface area contributed by atoms with Crippen LogP contribution in [0, 0.1) is 0 Å². The lowest BCUT2D eigenvalue weighted by Gasteiger charge is -2.09. The Kier molecular flexibility index (Phi) is 6.22. The van der Waals surface area contributed by atoms with E-state index in [2.05, 4.69) is 24.3 Å². The van der Waals surface area contributed by atoms with E-state index in [0.717, 1.165) is 31.5 Å². The van der Waals surface area contributed by atoms with Gasteiger partial charge in [-0.25, -0.2) is 0 Å². The second-order valence-electron chi connectivity index (χ2n) is 4.78. The van der Waals surface area contributed by atoms with Crippen LogP contribution in [0.4, 0.5) is 5.69 Å². The number of nitrogens with one attached hydrogen (secondary N) is 1. The van der Waals surface area contributed by atoms with Gasteiger partial charge in [0.05, 0.1) is 6.42 Å². The molecule has 1 aromatic carbocycles. The topological polar surface area (TPSA) is 58.4 Å². The van der Waals surface area contributed by atoms with Gasteiger partial charge in [0.15, 0.2) is 0 Å². The highest BCUT2D eigenvalue weighted by Gasteiger charge is 2.02. The summed E-state index contributed by atoms with van der Waals surface area (Å²) in [6.45, 7) is 1.81. The molecule has 3 N–H and O–H groups in total. The maximum Gasteiger partial charge on any atom is 0.224 e. The van der Waals surface area contributed by atoms with Crippen LogP contribution < -0.4 is 11.1 Å². The van der Waals surface area contributed by atoms with E-state index < -0.39 is 0 Å². The molecule has 1 amide bonds. The molecule has 18 heavy (non-hydrogen) atoms. The third-order valence-electron chi connectivity index (χ3n) is 2.67. The number of benzene rings is 1. The molecule has 0 aliphatic heterocycles. The number of nitrogens with zero attached hydrogens (tertiary/aromatic N) is 1. The normalized spacial score (nSPS) is 10.6. The fraction of sp³-hybridized carbons (Fsp3) is 0.500. The van der Waals surface area contributed by atoms with Crippen LogP contribution in [0.3, 0.4) is 0 Å². The van der Waals surface area contributed by atoms with E-state index in [1.165, 1.54) is 0 Å². The van der Waals surface area contributed by atoms with Gasteiger partial charge in [-0.1, -0.05) is 12.1 Å². The van der Waals surface area contributed by atoms with Gasteiger partial charge in [-0.05, 0) is 51.2 Å². The number of nitrogen functional groups attached to an aromatic ring is 1. The Morgan fingerprint density at radius 1 is 1.33 bits per heavy atom. The number of hydrogen-bond acceptors (Lipinski definition) is 3. The molecule has 0 saturated heterocycles. The molecule has 4 heteroatoms. The number of hydrogen-bond donors (Lipinski definition) is 2. The Balaban J connectivity index is 2.18. The first-order valence-electron chi connectivity index (χ1n) is 6.34. The summed E-state index contributed by atoms with van der Waals surface area (Å²) in [5.74, 6) is 0.0606. The molecule has 0 aliphatic rings. The molecule has 0 spiro atoms. The summed E-state index contributed by atoms with van der Waals surface area (Å²) in [6, 6.07) is 7.45. The van der Waals surface area contributed by atoms with Crippen LogP contribution in [0.1, 0.15) is 18.4 Å². The number of unbranched alkanes of at least 4 members (excludes halogenated alkanes) is 1. The third kappa shape index (κ3) is 6.25. The maximum absolute atomic E-state index is 11.7. The van der Waals surface area contributed by atoms with Crippen molar-refractivity contribution in [1.82, 2.24) is 10.2 Å². The van der Waals surface area contributed by atoms with Crippen molar-refractivity contribution in [2.75, 3.05) is 32.9 Å². The highest BCUT2D eigenvalue weighted by molar-refractivity contribution is 5.78. The minimum Gasteiger partial charge on any atom is -0.399 e. The van der Waals surface area contributed by atoms with E-state index in [4.69, 9.17) is 5.73 Å². The van der Waals surface area contributed by atoms with Crippen LogP contribution >= 0.6 is 0 Å². The first-order chi connectivity index (χ1) is 8.58. The second-order valence-corrected chi connectivity index (χ2v) is 4.78. The van der Waals surface area contributed by atoms with Gasteiger partial charge in [0.1, 0.15) is 0 Å². The van der Waals surface area contributed by atoms with Crippen molar-refractivity contribution in [3.05, 3.63) is 29.8 Å². The minimum absolute atomic E-state index is 0.0606.